The second kappa shape index (κ2) is 8.76. The lowest BCUT2D eigenvalue weighted by Gasteiger charge is -2.30. The van der Waals surface area contributed by atoms with Gasteiger partial charge in [0.05, 0.1) is 17.4 Å². The number of pyridine rings is 1. The average molecular weight is 432 g/mol. The second-order valence-corrected chi connectivity index (χ2v) is 8.72. The van der Waals surface area contributed by atoms with Crippen molar-refractivity contribution in [3.8, 4) is 0 Å². The lowest BCUT2D eigenvalue weighted by atomic mass is 10.00. The van der Waals surface area contributed by atoms with E-state index in [1.807, 2.05) is 33.8 Å². The first-order chi connectivity index (χ1) is 15.6. The summed E-state index contributed by atoms with van der Waals surface area (Å²) in [5.41, 5.74) is 5.55. The number of carbonyl (C=O) groups is 1. The first kappa shape index (κ1) is 20.7. The number of β-amino-alcohol motifs (C(OH)–C–C–N with tert-alkyl or cyclic N) is 1. The van der Waals surface area contributed by atoms with Crippen LogP contribution in [-0.2, 0) is 13.0 Å². The average Bonchev–Trinajstić information content (AvgIpc) is 3.19. The van der Waals surface area contributed by atoms with Gasteiger partial charge in [-0.1, -0.05) is 30.8 Å². The fourth-order valence-corrected chi connectivity index (χ4v) is 4.37. The molecule has 1 fully saturated rings. The zero-order chi connectivity index (χ0) is 22.1. The van der Waals surface area contributed by atoms with Gasteiger partial charge in [-0.15, -0.1) is 0 Å². The van der Waals surface area contributed by atoms with Crippen LogP contribution in [0.15, 0.2) is 55.4 Å². The Labute approximate surface area is 188 Å². The van der Waals surface area contributed by atoms with Crippen molar-refractivity contribution < 1.29 is 9.90 Å². The Kier molecular flexibility index (Phi) is 5.68. The molecule has 0 saturated carbocycles. The molecule has 2 aromatic heterocycles. The monoisotopic (exact) mass is 431 g/mol. The molecule has 1 aromatic carbocycles. The summed E-state index contributed by atoms with van der Waals surface area (Å²) < 4.78 is 1.86. The van der Waals surface area contributed by atoms with E-state index in [2.05, 4.69) is 46.0 Å². The first-order valence-electron chi connectivity index (χ1n) is 11.3. The first-order valence-corrected chi connectivity index (χ1v) is 11.3. The van der Waals surface area contributed by atoms with E-state index in [1.54, 1.807) is 0 Å². The molecule has 7 heteroatoms. The van der Waals surface area contributed by atoms with Crippen LogP contribution in [0.5, 0.6) is 0 Å². The molecule has 2 aliphatic rings. The number of nitrogens with zero attached hydrogens (tertiary/aromatic N) is 4. The van der Waals surface area contributed by atoms with Crippen molar-refractivity contribution in [1.29, 1.82) is 0 Å². The molecule has 3 aromatic rings. The molecule has 2 aliphatic heterocycles. The van der Waals surface area contributed by atoms with Gasteiger partial charge in [0.15, 0.2) is 0 Å². The molecule has 2 N–H and O–H groups in total. The van der Waals surface area contributed by atoms with Crippen LogP contribution in [0.25, 0.3) is 11.3 Å². The highest BCUT2D eigenvalue weighted by Crippen LogP contribution is 2.19. The lowest BCUT2D eigenvalue weighted by molar-refractivity contribution is 0.0651. The highest BCUT2D eigenvalue weighted by atomic mass is 16.3. The van der Waals surface area contributed by atoms with Crippen molar-refractivity contribution in [2.75, 3.05) is 32.7 Å². The van der Waals surface area contributed by atoms with Crippen molar-refractivity contribution in [3.63, 3.8) is 0 Å². The zero-order valence-corrected chi connectivity index (χ0v) is 18.2. The predicted octanol–water partition coefficient (Wildman–Crippen LogP) is 2.16. The highest BCUT2D eigenvalue weighted by molar-refractivity contribution is 5.94. The van der Waals surface area contributed by atoms with Gasteiger partial charge in [0, 0.05) is 51.7 Å². The van der Waals surface area contributed by atoms with Gasteiger partial charge in [0.25, 0.3) is 5.91 Å². The largest absolute Gasteiger partial charge is 0.390 e. The van der Waals surface area contributed by atoms with Gasteiger partial charge < -0.3 is 19.7 Å². The van der Waals surface area contributed by atoms with E-state index in [0.29, 0.717) is 30.0 Å². The Morgan fingerprint density at radius 1 is 1.12 bits per heavy atom. The van der Waals surface area contributed by atoms with Gasteiger partial charge in [0.2, 0.25) is 0 Å². The van der Waals surface area contributed by atoms with Crippen molar-refractivity contribution in [1.82, 2.24) is 24.5 Å². The van der Waals surface area contributed by atoms with E-state index in [4.69, 9.17) is 0 Å². The second-order valence-electron chi connectivity index (χ2n) is 8.72. The van der Waals surface area contributed by atoms with Gasteiger partial charge in [-0.25, -0.2) is 4.98 Å². The van der Waals surface area contributed by atoms with Crippen molar-refractivity contribution in [3.05, 3.63) is 77.8 Å². The van der Waals surface area contributed by atoms with E-state index < -0.39 is 6.10 Å². The maximum Gasteiger partial charge on any atom is 0.255 e. The minimum Gasteiger partial charge on any atom is -0.390 e. The molecule has 1 atom stereocenters. The maximum absolute atomic E-state index is 12.5. The number of aromatic nitrogens is 2. The van der Waals surface area contributed by atoms with Crippen molar-refractivity contribution >= 4 is 17.3 Å². The summed E-state index contributed by atoms with van der Waals surface area (Å²) in [4.78, 5) is 21.2. The Bertz CT molecular complexity index is 1150. The van der Waals surface area contributed by atoms with Crippen LogP contribution in [0.2, 0.25) is 0 Å². The summed E-state index contributed by atoms with van der Waals surface area (Å²) in [6, 6.07) is 12.2. The summed E-state index contributed by atoms with van der Waals surface area (Å²) in [5, 5.41) is 13.8. The molecule has 7 nitrogen and oxygen atoms in total. The number of rotatable bonds is 7. The smallest absolute Gasteiger partial charge is 0.255 e. The highest BCUT2D eigenvalue weighted by Gasteiger charge is 2.22. The molecule has 0 unspecified atom stereocenters. The van der Waals surface area contributed by atoms with Crippen LogP contribution in [0.4, 0.5) is 0 Å². The van der Waals surface area contributed by atoms with E-state index in [9.17, 15) is 9.90 Å². The number of imidazole rings is 1. The standard InChI is InChI=1S/C25H29N5O2/c1-18(26-13-22(31)16-28-12-9-19-5-2-3-6-20(19)14-28)23-17-30-15-21(7-8-24(30)27-23)25(32)29-10-4-11-29/h2-3,5-8,15,17,22,26,31H,1,4,9-14,16H2/t22-/m0/s1. The number of likely N-dealkylation sites (tertiary alicyclic amines) is 1. The molecule has 1 amide bonds. The molecule has 32 heavy (non-hydrogen) atoms. The zero-order valence-electron chi connectivity index (χ0n) is 18.2. The van der Waals surface area contributed by atoms with E-state index in [0.717, 1.165) is 44.7 Å². The Morgan fingerprint density at radius 3 is 2.72 bits per heavy atom. The quantitative estimate of drug-likeness (QED) is 0.600. The molecule has 4 heterocycles. The van der Waals surface area contributed by atoms with E-state index >= 15 is 0 Å². The number of aliphatic hydroxyl groups is 1. The van der Waals surface area contributed by atoms with Crippen LogP contribution in [0.1, 0.15) is 33.6 Å². The number of hydrogen-bond donors (Lipinski definition) is 2. The van der Waals surface area contributed by atoms with Crippen LogP contribution in [-0.4, -0.2) is 69.0 Å². The molecule has 5 rings (SSSR count). The summed E-state index contributed by atoms with van der Waals surface area (Å²) >= 11 is 0. The number of aliphatic hydroxyl groups excluding tert-OH is 1. The number of amides is 1. The Morgan fingerprint density at radius 2 is 1.94 bits per heavy atom. The third-order valence-corrected chi connectivity index (χ3v) is 6.38. The van der Waals surface area contributed by atoms with Gasteiger partial charge in [-0.3, -0.25) is 9.69 Å². The molecular formula is C25H29N5O2. The molecule has 0 spiro atoms. The topological polar surface area (TPSA) is 73.1 Å². The molecule has 1 saturated heterocycles. The maximum atomic E-state index is 12.5. The van der Waals surface area contributed by atoms with Crippen LogP contribution in [0.3, 0.4) is 0 Å². The lowest BCUT2D eigenvalue weighted by Crippen LogP contribution is -2.42. The van der Waals surface area contributed by atoms with Crippen LogP contribution < -0.4 is 5.32 Å². The van der Waals surface area contributed by atoms with Gasteiger partial charge in [0.1, 0.15) is 11.3 Å². The normalized spacial score (nSPS) is 17.0. The van der Waals surface area contributed by atoms with Crippen molar-refractivity contribution in [2.24, 2.45) is 0 Å². The van der Waals surface area contributed by atoms with Gasteiger partial charge >= 0.3 is 0 Å². The predicted molar refractivity (Wildman–Crippen MR) is 124 cm³/mol. The van der Waals surface area contributed by atoms with Gasteiger partial charge in [-0.2, -0.15) is 0 Å². The van der Waals surface area contributed by atoms with E-state index in [-0.39, 0.29) is 5.91 Å². The number of hydrogen-bond acceptors (Lipinski definition) is 5. The van der Waals surface area contributed by atoms with Crippen LogP contribution >= 0.6 is 0 Å². The molecule has 166 valence electrons. The third-order valence-electron chi connectivity index (χ3n) is 6.38. The SMILES string of the molecule is C=C(NC[C@H](O)CN1CCc2ccccc2C1)c1cn2cc(C(=O)N3CCC3)ccc2n1. The molecule has 0 radical (unpaired) electrons. The Balaban J connectivity index is 1.16. The van der Waals surface area contributed by atoms with Crippen LogP contribution in [0, 0.1) is 0 Å². The summed E-state index contributed by atoms with van der Waals surface area (Å²) in [6.45, 7) is 8.61. The van der Waals surface area contributed by atoms with Crippen molar-refractivity contribution in [2.45, 2.75) is 25.5 Å². The number of fused-ring (bicyclic) bond motifs is 2. The number of carbonyl (C=O) groups excluding carboxylic acids is 1. The number of nitrogens with one attached hydrogen (secondary N) is 1. The molecule has 0 aliphatic carbocycles. The number of benzene rings is 1. The molecular weight excluding hydrogens is 402 g/mol. The fraction of sp³-hybridized carbons (Fsp3) is 0.360. The summed E-state index contributed by atoms with van der Waals surface area (Å²) in [5.74, 6) is 0.0637. The summed E-state index contributed by atoms with van der Waals surface area (Å²) in [6.07, 6.45) is 5.28. The molecule has 0 bridgehead atoms. The third kappa shape index (κ3) is 4.26. The van der Waals surface area contributed by atoms with Gasteiger partial charge in [-0.05, 0) is 36.1 Å². The van der Waals surface area contributed by atoms with E-state index in [1.165, 1.54) is 11.1 Å². The summed E-state index contributed by atoms with van der Waals surface area (Å²) in [7, 11) is 0. The fourth-order valence-electron chi connectivity index (χ4n) is 4.37. The minimum absolute atomic E-state index is 0.0637. The Hall–Kier alpha value is -3.16. The minimum atomic E-state index is -0.505.